The minimum atomic E-state index is -0.0844. The van der Waals surface area contributed by atoms with Gasteiger partial charge in [0.15, 0.2) is 0 Å². The van der Waals surface area contributed by atoms with E-state index in [4.69, 9.17) is 18.9 Å². The Balaban J connectivity index is 1.19. The maximum absolute atomic E-state index is 13.6. The van der Waals surface area contributed by atoms with Crippen LogP contribution in [0.2, 0.25) is 0 Å². The van der Waals surface area contributed by atoms with Crippen molar-refractivity contribution in [1.82, 2.24) is 20.2 Å². The molecule has 10 nitrogen and oxygen atoms in total. The van der Waals surface area contributed by atoms with Crippen LogP contribution in [-0.4, -0.2) is 92.1 Å². The van der Waals surface area contributed by atoms with E-state index < -0.39 is 0 Å². The Morgan fingerprint density at radius 2 is 1.83 bits per heavy atom. The highest BCUT2D eigenvalue weighted by atomic mass is 16.5. The van der Waals surface area contributed by atoms with Crippen molar-refractivity contribution in [1.29, 1.82) is 0 Å². The summed E-state index contributed by atoms with van der Waals surface area (Å²) in [6.45, 7) is 7.31. The highest BCUT2D eigenvalue weighted by Gasteiger charge is 2.32. The van der Waals surface area contributed by atoms with E-state index in [1.54, 1.807) is 7.11 Å². The Labute approximate surface area is 243 Å². The van der Waals surface area contributed by atoms with Crippen LogP contribution in [-0.2, 0) is 14.2 Å². The van der Waals surface area contributed by atoms with Gasteiger partial charge >= 0.3 is 6.01 Å². The molecule has 224 valence electrons. The summed E-state index contributed by atoms with van der Waals surface area (Å²) in [5, 5.41) is 7.19. The summed E-state index contributed by atoms with van der Waals surface area (Å²) in [6.07, 6.45) is 6.01. The average molecular weight is 568 g/mol. The van der Waals surface area contributed by atoms with Gasteiger partial charge in [0.25, 0.3) is 5.91 Å². The number of piperidine rings is 1. The van der Waals surface area contributed by atoms with Crippen LogP contribution in [0.1, 0.15) is 71.8 Å². The molecular formula is C31H45N5O5. The van der Waals surface area contributed by atoms with Crippen molar-refractivity contribution in [3.8, 4) is 6.01 Å². The maximum atomic E-state index is 13.6. The highest BCUT2D eigenvalue weighted by molar-refractivity contribution is 5.95. The van der Waals surface area contributed by atoms with Crippen molar-refractivity contribution < 1.29 is 23.7 Å². The first-order valence-corrected chi connectivity index (χ1v) is 15.0. The molecule has 10 heteroatoms. The SMILES string of the molecule is COc1nc(NCC2CCC[C@@H](c3ccc(C)cc3)O2)c(C)c(C(=O)N2CCC(N[C@@H]3CCOC[C@@H]3OC)CC2)n1. The van der Waals surface area contributed by atoms with Gasteiger partial charge in [-0.2, -0.15) is 9.97 Å². The minimum Gasteiger partial charge on any atom is -0.467 e. The lowest BCUT2D eigenvalue weighted by Crippen LogP contribution is -2.54. The monoisotopic (exact) mass is 567 g/mol. The number of nitrogens with one attached hydrogen (secondary N) is 2. The van der Waals surface area contributed by atoms with E-state index in [2.05, 4.69) is 51.8 Å². The number of anilines is 1. The van der Waals surface area contributed by atoms with Gasteiger partial charge in [-0.25, -0.2) is 0 Å². The van der Waals surface area contributed by atoms with E-state index >= 15 is 0 Å². The molecule has 5 rings (SSSR count). The molecule has 1 unspecified atom stereocenters. The van der Waals surface area contributed by atoms with E-state index in [1.165, 1.54) is 18.2 Å². The molecule has 4 heterocycles. The van der Waals surface area contributed by atoms with Gasteiger partial charge in [-0.3, -0.25) is 4.79 Å². The molecule has 0 radical (unpaired) electrons. The molecule has 0 saturated carbocycles. The zero-order valence-electron chi connectivity index (χ0n) is 24.9. The van der Waals surface area contributed by atoms with Crippen LogP contribution >= 0.6 is 0 Å². The fourth-order valence-corrected chi connectivity index (χ4v) is 6.09. The Morgan fingerprint density at radius 3 is 2.56 bits per heavy atom. The van der Waals surface area contributed by atoms with Crippen molar-refractivity contribution in [2.45, 2.75) is 82.8 Å². The van der Waals surface area contributed by atoms with Crippen LogP contribution in [0.15, 0.2) is 24.3 Å². The molecule has 0 aliphatic carbocycles. The van der Waals surface area contributed by atoms with Crippen molar-refractivity contribution in [2.75, 3.05) is 52.4 Å². The largest absolute Gasteiger partial charge is 0.467 e. The van der Waals surface area contributed by atoms with Gasteiger partial charge in [-0.1, -0.05) is 29.8 Å². The Morgan fingerprint density at radius 1 is 1.05 bits per heavy atom. The molecule has 41 heavy (non-hydrogen) atoms. The first-order valence-electron chi connectivity index (χ1n) is 15.0. The summed E-state index contributed by atoms with van der Waals surface area (Å²) in [5.74, 6) is 0.529. The van der Waals surface area contributed by atoms with E-state index in [0.717, 1.165) is 50.7 Å². The number of likely N-dealkylation sites (tertiary alicyclic amines) is 1. The molecule has 3 aliphatic rings. The standard InChI is InChI=1S/C31H45N5O5/c1-20-8-10-22(11-9-20)26-7-5-6-24(41-26)18-32-29-21(2)28(34-31(35-29)39-4)30(37)36-15-12-23(13-16-36)33-25-14-17-40-19-27(25)38-3/h8-11,23-27,33H,5-7,12-19H2,1-4H3,(H,32,34,35)/t24?,25-,26+,27+/m1/s1. The predicted octanol–water partition coefficient (Wildman–Crippen LogP) is 3.82. The molecule has 1 amide bonds. The normalized spacial score (nSPS) is 25.6. The summed E-state index contributed by atoms with van der Waals surface area (Å²) in [6, 6.07) is 9.40. The number of hydrogen-bond acceptors (Lipinski definition) is 9. The van der Waals surface area contributed by atoms with Crippen molar-refractivity contribution in [3.63, 3.8) is 0 Å². The van der Waals surface area contributed by atoms with Gasteiger partial charge in [0, 0.05) is 51.0 Å². The number of amides is 1. The lowest BCUT2D eigenvalue weighted by molar-refractivity contribution is -0.0533. The number of hydrogen-bond donors (Lipinski definition) is 2. The Hall–Kier alpha value is -2.79. The summed E-state index contributed by atoms with van der Waals surface area (Å²) in [5.41, 5.74) is 3.58. The third-order valence-corrected chi connectivity index (χ3v) is 8.64. The Bertz CT molecular complexity index is 1150. The number of methoxy groups -OCH3 is 2. The summed E-state index contributed by atoms with van der Waals surface area (Å²) >= 11 is 0. The number of rotatable bonds is 9. The molecule has 0 bridgehead atoms. The molecular weight excluding hydrogens is 522 g/mol. The molecule has 0 spiro atoms. The molecule has 3 aliphatic heterocycles. The van der Waals surface area contributed by atoms with E-state index in [-0.39, 0.29) is 36.3 Å². The fraction of sp³-hybridized carbons (Fsp3) is 0.645. The molecule has 4 atom stereocenters. The third-order valence-electron chi connectivity index (χ3n) is 8.64. The number of nitrogens with zero attached hydrogens (tertiary/aromatic N) is 3. The lowest BCUT2D eigenvalue weighted by atomic mass is 9.97. The summed E-state index contributed by atoms with van der Waals surface area (Å²) < 4.78 is 23.0. The summed E-state index contributed by atoms with van der Waals surface area (Å²) in [7, 11) is 3.26. The average Bonchev–Trinajstić information content (AvgIpc) is 3.01. The first-order chi connectivity index (χ1) is 19.9. The second-order valence-corrected chi connectivity index (χ2v) is 11.5. The number of aromatic nitrogens is 2. The second kappa shape index (κ2) is 13.9. The smallest absolute Gasteiger partial charge is 0.318 e. The van der Waals surface area contributed by atoms with Gasteiger partial charge in [0.2, 0.25) is 0 Å². The molecule has 1 aromatic carbocycles. The van der Waals surface area contributed by atoms with E-state index in [9.17, 15) is 4.79 Å². The van der Waals surface area contributed by atoms with Crippen LogP contribution in [0.5, 0.6) is 6.01 Å². The molecule has 2 N–H and O–H groups in total. The predicted molar refractivity (Wildman–Crippen MR) is 157 cm³/mol. The van der Waals surface area contributed by atoms with Crippen LogP contribution in [0, 0.1) is 13.8 Å². The summed E-state index contributed by atoms with van der Waals surface area (Å²) in [4.78, 5) is 24.5. The number of benzene rings is 1. The number of ether oxygens (including phenoxy) is 4. The van der Waals surface area contributed by atoms with Gasteiger partial charge < -0.3 is 34.5 Å². The second-order valence-electron chi connectivity index (χ2n) is 11.5. The zero-order valence-corrected chi connectivity index (χ0v) is 24.9. The molecule has 3 fully saturated rings. The van der Waals surface area contributed by atoms with Crippen LogP contribution in [0.3, 0.4) is 0 Å². The highest BCUT2D eigenvalue weighted by Crippen LogP contribution is 2.32. The van der Waals surface area contributed by atoms with Gasteiger partial charge in [0.1, 0.15) is 11.5 Å². The number of carbonyl (C=O) groups is 1. The van der Waals surface area contributed by atoms with E-state index in [1.807, 2.05) is 11.8 Å². The maximum Gasteiger partial charge on any atom is 0.318 e. The van der Waals surface area contributed by atoms with Gasteiger partial charge in [-0.15, -0.1) is 0 Å². The lowest BCUT2D eigenvalue weighted by Gasteiger charge is -2.38. The van der Waals surface area contributed by atoms with Crippen LogP contribution in [0.25, 0.3) is 0 Å². The topological polar surface area (TPSA) is 107 Å². The first kappa shape index (κ1) is 29.7. The third kappa shape index (κ3) is 7.35. The quantitative estimate of drug-likeness (QED) is 0.468. The zero-order chi connectivity index (χ0) is 28.8. The van der Waals surface area contributed by atoms with Gasteiger partial charge in [-0.05, 0) is 57.9 Å². The number of carbonyl (C=O) groups excluding carboxylic acids is 1. The van der Waals surface area contributed by atoms with Gasteiger partial charge in [0.05, 0.1) is 32.0 Å². The molecule has 3 saturated heterocycles. The van der Waals surface area contributed by atoms with Crippen molar-refractivity contribution in [2.24, 2.45) is 0 Å². The van der Waals surface area contributed by atoms with Crippen LogP contribution in [0.4, 0.5) is 5.82 Å². The van der Waals surface area contributed by atoms with Crippen molar-refractivity contribution >= 4 is 11.7 Å². The number of aryl methyl sites for hydroxylation is 1. The van der Waals surface area contributed by atoms with E-state index in [0.29, 0.717) is 43.8 Å². The minimum absolute atomic E-state index is 0.0505. The Kier molecular flexibility index (Phi) is 10.1. The van der Waals surface area contributed by atoms with Crippen LogP contribution < -0.4 is 15.4 Å². The van der Waals surface area contributed by atoms with Crippen molar-refractivity contribution in [3.05, 3.63) is 46.6 Å². The fourth-order valence-electron chi connectivity index (χ4n) is 6.09. The molecule has 1 aromatic heterocycles. The molecule has 2 aromatic rings.